The van der Waals surface area contributed by atoms with Crippen LogP contribution in [0.3, 0.4) is 0 Å². The zero-order valence-corrected chi connectivity index (χ0v) is 16.3. The smallest absolute Gasteiger partial charge is 0.263 e. The number of allylic oxidation sites excluding steroid dienone is 3. The molecule has 0 aliphatic carbocycles. The number of fused-ring (bicyclic) bond motifs is 1. The van der Waals surface area contributed by atoms with Crippen molar-refractivity contribution in [3.05, 3.63) is 65.0 Å². The Morgan fingerprint density at radius 2 is 2.18 bits per heavy atom. The Balaban J connectivity index is 1.51. The number of hydrogen-bond acceptors (Lipinski definition) is 5. The first-order valence-electron chi connectivity index (χ1n) is 9.48. The number of benzene rings is 1. The molecule has 1 fully saturated rings. The molecular formula is C21H24ClN3O3. The lowest BCUT2D eigenvalue weighted by Gasteiger charge is -2.36. The summed E-state index contributed by atoms with van der Waals surface area (Å²) in [6.07, 6.45) is 8.64. The van der Waals surface area contributed by atoms with E-state index in [-0.39, 0.29) is 17.9 Å². The third-order valence-electron chi connectivity index (χ3n) is 5.59. The third kappa shape index (κ3) is 3.68. The van der Waals surface area contributed by atoms with Crippen molar-refractivity contribution in [1.82, 2.24) is 15.5 Å². The topological polar surface area (TPSA) is 73.8 Å². The van der Waals surface area contributed by atoms with Crippen LogP contribution in [-0.2, 0) is 9.53 Å². The minimum atomic E-state index is -0.555. The molecule has 0 aromatic heterocycles. The molecule has 0 bridgehead atoms. The van der Waals surface area contributed by atoms with E-state index in [9.17, 15) is 9.90 Å². The van der Waals surface area contributed by atoms with Gasteiger partial charge in [-0.15, -0.1) is 0 Å². The van der Waals surface area contributed by atoms with Gasteiger partial charge in [-0.2, -0.15) is 0 Å². The van der Waals surface area contributed by atoms with E-state index in [2.05, 4.69) is 10.6 Å². The molecule has 1 amide bonds. The molecule has 0 radical (unpaired) electrons. The number of amides is 1. The molecule has 1 aromatic rings. The number of hydrogen-bond donors (Lipinski definition) is 3. The maximum atomic E-state index is 13.0. The zero-order chi connectivity index (χ0) is 19.6. The van der Waals surface area contributed by atoms with Crippen LogP contribution >= 0.6 is 11.6 Å². The Bertz CT molecular complexity index is 843. The van der Waals surface area contributed by atoms with Gasteiger partial charge in [0, 0.05) is 42.0 Å². The summed E-state index contributed by atoms with van der Waals surface area (Å²) in [6, 6.07) is 7.56. The van der Waals surface area contributed by atoms with Gasteiger partial charge < -0.3 is 25.4 Å². The average Bonchev–Trinajstić information content (AvgIpc) is 3.13. The van der Waals surface area contributed by atoms with E-state index in [1.807, 2.05) is 53.6 Å². The Hall–Kier alpha value is -2.28. The number of aliphatic hydroxyl groups excluding tert-OH is 1. The molecule has 4 rings (SSSR count). The SMILES string of the molecule is O=C(NCC1(CO)CCOCC1)C1NC(c2cccc(Cl)c2)=C2C=CC=CN21. The molecule has 3 aliphatic heterocycles. The molecule has 0 saturated carbocycles. The summed E-state index contributed by atoms with van der Waals surface area (Å²) >= 11 is 6.16. The van der Waals surface area contributed by atoms with E-state index in [0.29, 0.717) is 24.8 Å². The monoisotopic (exact) mass is 401 g/mol. The molecule has 0 spiro atoms. The Morgan fingerprint density at radius 3 is 2.93 bits per heavy atom. The summed E-state index contributed by atoms with van der Waals surface area (Å²) in [5.74, 6) is -0.131. The molecular weight excluding hydrogens is 378 g/mol. The highest BCUT2D eigenvalue weighted by atomic mass is 35.5. The van der Waals surface area contributed by atoms with Gasteiger partial charge in [-0.25, -0.2) is 0 Å². The van der Waals surface area contributed by atoms with Crippen LogP contribution in [0.5, 0.6) is 0 Å². The summed E-state index contributed by atoms with van der Waals surface area (Å²) in [5, 5.41) is 16.9. The van der Waals surface area contributed by atoms with Crippen LogP contribution in [0.2, 0.25) is 5.02 Å². The van der Waals surface area contributed by atoms with Crippen molar-refractivity contribution in [3.63, 3.8) is 0 Å². The Labute approximate surface area is 169 Å². The zero-order valence-electron chi connectivity index (χ0n) is 15.5. The van der Waals surface area contributed by atoms with Crippen molar-refractivity contribution in [2.45, 2.75) is 19.0 Å². The largest absolute Gasteiger partial charge is 0.396 e. The average molecular weight is 402 g/mol. The standard InChI is InChI=1S/C21H24ClN3O3/c22-16-5-3-4-15(12-16)18-17-6-1-2-9-25(17)19(24-18)20(27)23-13-21(14-26)7-10-28-11-8-21/h1-6,9,12,19,24,26H,7-8,10-11,13-14H2,(H,23,27). The lowest BCUT2D eigenvalue weighted by atomic mass is 9.81. The van der Waals surface area contributed by atoms with Gasteiger partial charge in [0.05, 0.1) is 18.0 Å². The predicted octanol–water partition coefficient (Wildman–Crippen LogP) is 2.23. The summed E-state index contributed by atoms with van der Waals surface area (Å²) in [4.78, 5) is 14.9. The van der Waals surface area contributed by atoms with Crippen molar-refractivity contribution >= 4 is 23.2 Å². The number of nitrogens with zero attached hydrogens (tertiary/aromatic N) is 1. The molecule has 7 heteroatoms. The number of carbonyl (C=O) groups excluding carboxylic acids is 1. The fourth-order valence-corrected chi connectivity index (χ4v) is 4.00. The maximum absolute atomic E-state index is 13.0. The predicted molar refractivity (Wildman–Crippen MR) is 108 cm³/mol. The molecule has 3 aliphatic rings. The summed E-state index contributed by atoms with van der Waals surface area (Å²) in [7, 11) is 0. The minimum Gasteiger partial charge on any atom is -0.396 e. The van der Waals surface area contributed by atoms with Gasteiger partial charge in [-0.3, -0.25) is 4.79 Å². The number of halogens is 1. The Morgan fingerprint density at radius 1 is 1.36 bits per heavy atom. The van der Waals surface area contributed by atoms with Gasteiger partial charge in [0.1, 0.15) is 0 Å². The van der Waals surface area contributed by atoms with Crippen LogP contribution in [0.15, 0.2) is 54.4 Å². The second kappa shape index (κ2) is 7.99. The minimum absolute atomic E-state index is 0.0400. The molecule has 1 atom stereocenters. The highest BCUT2D eigenvalue weighted by Gasteiger charge is 2.37. The third-order valence-corrected chi connectivity index (χ3v) is 5.83. The molecule has 1 saturated heterocycles. The lowest BCUT2D eigenvalue weighted by Crippen LogP contribution is -2.52. The number of ether oxygens (including phenoxy) is 1. The van der Waals surface area contributed by atoms with Crippen molar-refractivity contribution < 1.29 is 14.6 Å². The number of rotatable bonds is 5. The van der Waals surface area contributed by atoms with Crippen molar-refractivity contribution in [1.29, 1.82) is 0 Å². The highest BCUT2D eigenvalue weighted by Crippen LogP contribution is 2.32. The van der Waals surface area contributed by atoms with Gasteiger partial charge >= 0.3 is 0 Å². The van der Waals surface area contributed by atoms with E-state index in [1.165, 1.54) is 0 Å². The number of carbonyl (C=O) groups is 1. The first-order chi connectivity index (χ1) is 13.6. The summed E-state index contributed by atoms with van der Waals surface area (Å²) in [6.45, 7) is 1.70. The van der Waals surface area contributed by atoms with Crippen LogP contribution in [0.25, 0.3) is 5.70 Å². The molecule has 28 heavy (non-hydrogen) atoms. The second-order valence-electron chi connectivity index (χ2n) is 7.41. The normalized spacial score (nSPS) is 22.8. The quantitative estimate of drug-likeness (QED) is 0.705. The number of aliphatic hydroxyl groups is 1. The van der Waals surface area contributed by atoms with Crippen LogP contribution in [-0.4, -0.2) is 48.4 Å². The molecule has 3 heterocycles. The van der Waals surface area contributed by atoms with Gasteiger partial charge in [0.25, 0.3) is 5.91 Å². The van der Waals surface area contributed by atoms with Gasteiger partial charge in [0.2, 0.25) is 0 Å². The molecule has 148 valence electrons. The van der Waals surface area contributed by atoms with Crippen molar-refractivity contribution in [2.24, 2.45) is 5.41 Å². The van der Waals surface area contributed by atoms with Gasteiger partial charge in [0.15, 0.2) is 6.17 Å². The second-order valence-corrected chi connectivity index (χ2v) is 7.85. The van der Waals surface area contributed by atoms with E-state index in [0.717, 1.165) is 29.8 Å². The van der Waals surface area contributed by atoms with Crippen LogP contribution in [0.1, 0.15) is 18.4 Å². The molecule has 3 N–H and O–H groups in total. The molecule has 1 unspecified atom stereocenters. The molecule has 6 nitrogen and oxygen atoms in total. The van der Waals surface area contributed by atoms with Crippen molar-refractivity contribution in [3.8, 4) is 0 Å². The van der Waals surface area contributed by atoms with E-state index < -0.39 is 6.17 Å². The fraction of sp³-hybridized carbons (Fsp3) is 0.381. The van der Waals surface area contributed by atoms with Crippen LogP contribution in [0.4, 0.5) is 0 Å². The van der Waals surface area contributed by atoms with Crippen molar-refractivity contribution in [2.75, 3.05) is 26.4 Å². The maximum Gasteiger partial charge on any atom is 0.263 e. The summed E-state index contributed by atoms with van der Waals surface area (Å²) < 4.78 is 5.40. The fourth-order valence-electron chi connectivity index (χ4n) is 3.81. The number of nitrogens with one attached hydrogen (secondary N) is 2. The van der Waals surface area contributed by atoms with E-state index in [1.54, 1.807) is 0 Å². The van der Waals surface area contributed by atoms with E-state index >= 15 is 0 Å². The highest BCUT2D eigenvalue weighted by molar-refractivity contribution is 6.30. The van der Waals surface area contributed by atoms with Crippen LogP contribution in [0, 0.1) is 5.41 Å². The van der Waals surface area contributed by atoms with Gasteiger partial charge in [-0.05, 0) is 37.1 Å². The molecule has 1 aromatic carbocycles. The Kier molecular flexibility index (Phi) is 5.44. The van der Waals surface area contributed by atoms with Gasteiger partial charge in [-0.1, -0.05) is 29.8 Å². The first kappa shape index (κ1) is 19.1. The first-order valence-corrected chi connectivity index (χ1v) is 9.86. The van der Waals surface area contributed by atoms with E-state index in [4.69, 9.17) is 16.3 Å². The lowest BCUT2D eigenvalue weighted by molar-refractivity contribution is -0.126. The summed E-state index contributed by atoms with van der Waals surface area (Å²) in [5.41, 5.74) is 2.41. The van der Waals surface area contributed by atoms with Crippen LogP contribution < -0.4 is 10.6 Å².